The Morgan fingerprint density at radius 3 is 3.20 bits per heavy atom. The SMILES string of the molecule is Nc1ccc2nc(N3CCCC4C(=O)NCC43)[nH]c2c1. The van der Waals surface area contributed by atoms with Crippen LogP contribution in [0.2, 0.25) is 0 Å². The van der Waals surface area contributed by atoms with Gasteiger partial charge in [0, 0.05) is 18.8 Å². The van der Waals surface area contributed by atoms with Crippen molar-refractivity contribution >= 4 is 28.6 Å². The number of nitrogens with two attached hydrogens (primary N) is 1. The van der Waals surface area contributed by atoms with E-state index in [2.05, 4.69) is 20.2 Å². The Morgan fingerprint density at radius 1 is 1.40 bits per heavy atom. The number of aromatic amines is 1. The van der Waals surface area contributed by atoms with Gasteiger partial charge in [0.2, 0.25) is 11.9 Å². The third kappa shape index (κ3) is 1.64. The van der Waals surface area contributed by atoms with E-state index in [0.717, 1.165) is 42.1 Å². The van der Waals surface area contributed by atoms with Crippen molar-refractivity contribution in [1.82, 2.24) is 15.3 Å². The number of rotatable bonds is 1. The summed E-state index contributed by atoms with van der Waals surface area (Å²) in [6, 6.07) is 5.89. The Balaban J connectivity index is 1.72. The van der Waals surface area contributed by atoms with Crippen molar-refractivity contribution in [3.05, 3.63) is 18.2 Å². The number of H-pyrrole nitrogens is 1. The number of nitrogen functional groups attached to an aromatic ring is 1. The zero-order chi connectivity index (χ0) is 13.7. The van der Waals surface area contributed by atoms with Gasteiger partial charge in [-0.2, -0.15) is 0 Å². The number of carbonyl (C=O) groups excluding carboxylic acids is 1. The number of carbonyl (C=O) groups is 1. The van der Waals surface area contributed by atoms with Gasteiger partial charge in [-0.25, -0.2) is 4.98 Å². The van der Waals surface area contributed by atoms with Crippen molar-refractivity contribution < 1.29 is 4.79 Å². The smallest absolute Gasteiger partial charge is 0.225 e. The molecule has 2 saturated heterocycles. The van der Waals surface area contributed by atoms with E-state index in [0.29, 0.717) is 6.54 Å². The highest BCUT2D eigenvalue weighted by Gasteiger charge is 2.41. The lowest BCUT2D eigenvalue weighted by atomic mass is 9.92. The molecule has 2 aromatic rings. The van der Waals surface area contributed by atoms with Gasteiger partial charge in [0.25, 0.3) is 0 Å². The molecule has 0 spiro atoms. The summed E-state index contributed by atoms with van der Waals surface area (Å²) in [5, 5.41) is 2.96. The first-order valence-electron chi connectivity index (χ1n) is 7.02. The van der Waals surface area contributed by atoms with Crippen molar-refractivity contribution in [2.24, 2.45) is 5.92 Å². The van der Waals surface area contributed by atoms with Crippen LogP contribution in [-0.2, 0) is 4.79 Å². The molecule has 2 atom stereocenters. The van der Waals surface area contributed by atoms with Crippen LogP contribution in [0.5, 0.6) is 0 Å². The van der Waals surface area contributed by atoms with Crippen LogP contribution in [0, 0.1) is 5.92 Å². The number of amides is 1. The van der Waals surface area contributed by atoms with Gasteiger partial charge >= 0.3 is 0 Å². The van der Waals surface area contributed by atoms with Crippen LogP contribution in [0.3, 0.4) is 0 Å². The Morgan fingerprint density at radius 2 is 2.30 bits per heavy atom. The maximum Gasteiger partial charge on any atom is 0.225 e. The standard InChI is InChI=1S/C14H17N5O/c15-8-3-4-10-11(6-8)18-14(17-10)19-5-1-2-9-12(19)7-16-13(9)20/h3-4,6,9,12H,1-2,5,7,15H2,(H,16,20)(H,17,18). The molecule has 0 aliphatic carbocycles. The van der Waals surface area contributed by atoms with E-state index >= 15 is 0 Å². The second kappa shape index (κ2) is 4.13. The predicted molar refractivity (Wildman–Crippen MR) is 77.4 cm³/mol. The molecule has 2 unspecified atom stereocenters. The van der Waals surface area contributed by atoms with Crippen LogP contribution in [0.4, 0.5) is 11.6 Å². The predicted octanol–water partition coefficient (Wildman–Crippen LogP) is 0.860. The van der Waals surface area contributed by atoms with Gasteiger partial charge in [0.15, 0.2) is 0 Å². The number of benzene rings is 1. The first kappa shape index (κ1) is 11.6. The number of hydrogen-bond donors (Lipinski definition) is 3. The van der Waals surface area contributed by atoms with Crippen LogP contribution >= 0.6 is 0 Å². The molecular formula is C14H17N5O. The first-order chi connectivity index (χ1) is 9.72. The maximum atomic E-state index is 11.8. The fourth-order valence-electron chi connectivity index (χ4n) is 3.36. The summed E-state index contributed by atoms with van der Waals surface area (Å²) < 4.78 is 0. The fraction of sp³-hybridized carbons (Fsp3) is 0.429. The van der Waals surface area contributed by atoms with Crippen LogP contribution in [0.25, 0.3) is 11.0 Å². The van der Waals surface area contributed by atoms with Crippen molar-refractivity contribution in [2.75, 3.05) is 23.7 Å². The van der Waals surface area contributed by atoms with Gasteiger partial charge in [0.05, 0.1) is 23.0 Å². The molecule has 4 rings (SSSR count). The van der Waals surface area contributed by atoms with Crippen molar-refractivity contribution in [2.45, 2.75) is 18.9 Å². The molecule has 3 heterocycles. The number of nitrogens with zero attached hydrogens (tertiary/aromatic N) is 2. The summed E-state index contributed by atoms with van der Waals surface area (Å²) in [4.78, 5) is 22.0. The number of anilines is 2. The highest BCUT2D eigenvalue weighted by molar-refractivity contribution is 5.84. The number of nitrogens with one attached hydrogen (secondary N) is 2. The summed E-state index contributed by atoms with van der Waals surface area (Å²) in [5.41, 5.74) is 8.38. The average Bonchev–Trinajstić information content (AvgIpc) is 3.02. The lowest BCUT2D eigenvalue weighted by molar-refractivity contribution is -0.122. The molecule has 0 saturated carbocycles. The third-order valence-electron chi connectivity index (χ3n) is 4.37. The summed E-state index contributed by atoms with van der Waals surface area (Å²) in [7, 11) is 0. The van der Waals surface area contributed by atoms with Gasteiger partial charge in [-0.05, 0) is 31.0 Å². The highest BCUT2D eigenvalue weighted by atomic mass is 16.2. The Hall–Kier alpha value is -2.24. The number of fused-ring (bicyclic) bond motifs is 2. The number of imidazole rings is 1. The Kier molecular flexibility index (Phi) is 2.39. The van der Waals surface area contributed by atoms with Gasteiger partial charge in [-0.15, -0.1) is 0 Å². The Bertz CT molecular complexity index is 679. The molecule has 4 N–H and O–H groups in total. The Labute approximate surface area is 116 Å². The molecule has 6 heteroatoms. The van der Waals surface area contributed by atoms with E-state index in [1.807, 2.05) is 18.2 Å². The van der Waals surface area contributed by atoms with E-state index in [-0.39, 0.29) is 17.9 Å². The normalized spacial score (nSPS) is 25.8. The van der Waals surface area contributed by atoms with Crippen LogP contribution < -0.4 is 16.0 Å². The quantitative estimate of drug-likeness (QED) is 0.671. The second-order valence-corrected chi connectivity index (χ2v) is 5.59. The number of aromatic nitrogens is 2. The van der Waals surface area contributed by atoms with Gasteiger partial charge in [0.1, 0.15) is 0 Å². The minimum absolute atomic E-state index is 0.0991. The van der Waals surface area contributed by atoms with E-state index in [1.165, 1.54) is 0 Å². The van der Waals surface area contributed by atoms with E-state index in [1.54, 1.807) is 0 Å². The van der Waals surface area contributed by atoms with Crippen LogP contribution in [-0.4, -0.2) is 35.0 Å². The lowest BCUT2D eigenvalue weighted by Crippen LogP contribution is -2.46. The molecular weight excluding hydrogens is 254 g/mol. The zero-order valence-corrected chi connectivity index (χ0v) is 11.1. The molecule has 1 amide bonds. The lowest BCUT2D eigenvalue weighted by Gasteiger charge is -2.35. The van der Waals surface area contributed by atoms with Gasteiger partial charge in [-0.3, -0.25) is 4.79 Å². The average molecular weight is 271 g/mol. The third-order valence-corrected chi connectivity index (χ3v) is 4.37. The van der Waals surface area contributed by atoms with Crippen LogP contribution in [0.15, 0.2) is 18.2 Å². The van der Waals surface area contributed by atoms with E-state index in [4.69, 9.17) is 5.73 Å². The monoisotopic (exact) mass is 271 g/mol. The maximum absolute atomic E-state index is 11.8. The van der Waals surface area contributed by atoms with Crippen molar-refractivity contribution in [1.29, 1.82) is 0 Å². The zero-order valence-electron chi connectivity index (χ0n) is 11.1. The minimum atomic E-state index is 0.0991. The molecule has 1 aromatic carbocycles. The number of piperidine rings is 1. The molecule has 20 heavy (non-hydrogen) atoms. The second-order valence-electron chi connectivity index (χ2n) is 5.59. The molecule has 104 valence electrons. The summed E-state index contributed by atoms with van der Waals surface area (Å²) in [6.07, 6.45) is 1.99. The molecule has 0 radical (unpaired) electrons. The molecule has 2 aliphatic rings. The molecule has 2 aliphatic heterocycles. The van der Waals surface area contributed by atoms with Gasteiger partial charge in [-0.1, -0.05) is 0 Å². The highest BCUT2D eigenvalue weighted by Crippen LogP contribution is 2.31. The molecule has 0 bridgehead atoms. The molecule has 2 fully saturated rings. The summed E-state index contributed by atoms with van der Waals surface area (Å²) in [6.45, 7) is 1.65. The van der Waals surface area contributed by atoms with Crippen molar-refractivity contribution in [3.63, 3.8) is 0 Å². The fourth-order valence-corrected chi connectivity index (χ4v) is 3.36. The molecule has 1 aromatic heterocycles. The number of hydrogen-bond acceptors (Lipinski definition) is 4. The minimum Gasteiger partial charge on any atom is -0.399 e. The van der Waals surface area contributed by atoms with E-state index in [9.17, 15) is 4.79 Å². The first-order valence-corrected chi connectivity index (χ1v) is 7.02. The largest absolute Gasteiger partial charge is 0.399 e. The summed E-state index contributed by atoms with van der Waals surface area (Å²) in [5.74, 6) is 1.12. The topological polar surface area (TPSA) is 87.0 Å². The van der Waals surface area contributed by atoms with Crippen molar-refractivity contribution in [3.8, 4) is 0 Å². The molecule has 6 nitrogen and oxygen atoms in total. The summed E-state index contributed by atoms with van der Waals surface area (Å²) >= 11 is 0. The van der Waals surface area contributed by atoms with E-state index < -0.39 is 0 Å². The van der Waals surface area contributed by atoms with Gasteiger partial charge < -0.3 is 20.9 Å². The van der Waals surface area contributed by atoms with Crippen LogP contribution in [0.1, 0.15) is 12.8 Å².